The van der Waals surface area contributed by atoms with E-state index in [1.807, 2.05) is 24.3 Å². The lowest BCUT2D eigenvalue weighted by Crippen LogP contribution is -2.09. The van der Waals surface area contributed by atoms with Crippen molar-refractivity contribution in [1.82, 2.24) is 4.98 Å². The van der Waals surface area contributed by atoms with Crippen LogP contribution >= 0.6 is 0 Å². The molecule has 0 unspecified atom stereocenters. The molecule has 0 aliphatic carbocycles. The molecule has 8 nitrogen and oxygen atoms in total. The van der Waals surface area contributed by atoms with E-state index in [9.17, 15) is 14.9 Å². The van der Waals surface area contributed by atoms with Crippen molar-refractivity contribution in [1.29, 1.82) is 0 Å². The van der Waals surface area contributed by atoms with Crippen molar-refractivity contribution in [3.63, 3.8) is 0 Å². The first kappa shape index (κ1) is 22.7. The molecular formula is C26H23N3O5. The first-order valence-electron chi connectivity index (χ1n) is 10.7. The Hall–Kier alpha value is -4.46. The van der Waals surface area contributed by atoms with Gasteiger partial charge in [-0.3, -0.25) is 14.9 Å². The summed E-state index contributed by atoms with van der Waals surface area (Å²) in [4.78, 5) is 27.6. The van der Waals surface area contributed by atoms with Crippen molar-refractivity contribution in [2.24, 2.45) is 0 Å². The molecule has 0 spiro atoms. The number of hydrogen-bond acceptors (Lipinski definition) is 6. The predicted molar refractivity (Wildman–Crippen MR) is 131 cm³/mol. The summed E-state index contributed by atoms with van der Waals surface area (Å²) in [7, 11) is 1.51. The summed E-state index contributed by atoms with van der Waals surface area (Å²) in [6.45, 7) is 4.24. The van der Waals surface area contributed by atoms with Gasteiger partial charge in [-0.1, -0.05) is 32.0 Å². The number of fused-ring (bicyclic) bond motifs is 1. The highest BCUT2D eigenvalue weighted by atomic mass is 16.6. The Morgan fingerprint density at radius 2 is 1.97 bits per heavy atom. The van der Waals surface area contributed by atoms with Crippen molar-refractivity contribution in [3.8, 4) is 17.2 Å². The molecule has 3 aromatic carbocycles. The van der Waals surface area contributed by atoms with Crippen LogP contribution in [0.1, 0.15) is 30.9 Å². The minimum Gasteiger partial charge on any atom is -0.495 e. The Kier molecular flexibility index (Phi) is 6.40. The van der Waals surface area contributed by atoms with Crippen LogP contribution in [0.3, 0.4) is 0 Å². The lowest BCUT2D eigenvalue weighted by Gasteiger charge is -2.10. The Labute approximate surface area is 196 Å². The van der Waals surface area contributed by atoms with Gasteiger partial charge in [0.1, 0.15) is 11.3 Å². The maximum absolute atomic E-state index is 12.5. The van der Waals surface area contributed by atoms with Crippen LogP contribution in [-0.2, 0) is 4.79 Å². The monoisotopic (exact) mass is 457 g/mol. The number of nitro groups is 1. The number of aromatic nitrogens is 1. The van der Waals surface area contributed by atoms with Gasteiger partial charge >= 0.3 is 0 Å². The number of nitrogens with zero attached hydrogens (tertiary/aromatic N) is 2. The Morgan fingerprint density at radius 3 is 2.71 bits per heavy atom. The Balaban J connectivity index is 1.58. The molecule has 34 heavy (non-hydrogen) atoms. The maximum atomic E-state index is 12.5. The summed E-state index contributed by atoms with van der Waals surface area (Å²) in [6.07, 6.45) is 2.81. The number of anilines is 1. The van der Waals surface area contributed by atoms with Crippen LogP contribution in [0.5, 0.6) is 5.75 Å². The smallest absolute Gasteiger partial charge is 0.270 e. The molecule has 1 heterocycles. The molecule has 8 heteroatoms. The van der Waals surface area contributed by atoms with E-state index in [2.05, 4.69) is 24.1 Å². The molecular weight excluding hydrogens is 434 g/mol. The molecule has 1 N–H and O–H groups in total. The van der Waals surface area contributed by atoms with Gasteiger partial charge in [-0.25, -0.2) is 4.98 Å². The number of non-ortho nitro benzene ring substituents is 1. The predicted octanol–water partition coefficient (Wildman–Crippen LogP) is 6.19. The Morgan fingerprint density at radius 1 is 1.15 bits per heavy atom. The normalized spacial score (nSPS) is 11.3. The molecule has 4 aromatic rings. The summed E-state index contributed by atoms with van der Waals surface area (Å²) < 4.78 is 11.3. The fraction of sp³-hybridized carbons (Fsp3) is 0.154. The minimum absolute atomic E-state index is 0.0456. The van der Waals surface area contributed by atoms with Crippen LogP contribution in [0.4, 0.5) is 11.4 Å². The van der Waals surface area contributed by atoms with Crippen molar-refractivity contribution in [3.05, 3.63) is 88.0 Å². The van der Waals surface area contributed by atoms with Gasteiger partial charge in [-0.2, -0.15) is 0 Å². The van der Waals surface area contributed by atoms with Crippen molar-refractivity contribution < 1.29 is 18.9 Å². The third kappa shape index (κ3) is 4.96. The summed E-state index contributed by atoms with van der Waals surface area (Å²) in [5, 5.41) is 13.7. The average molecular weight is 457 g/mol. The molecule has 0 aliphatic heterocycles. The van der Waals surface area contributed by atoms with E-state index in [0.29, 0.717) is 40.0 Å². The standard InChI is InChI=1S/C26H23N3O5/c1-16(2)18-8-11-24-22(14-18)28-26(34-24)19-9-10-23(33-3)21(15-19)27-25(30)12-7-17-5-4-6-20(13-17)29(31)32/h4-16H,1-3H3,(H,27,30)/b12-7+. The largest absolute Gasteiger partial charge is 0.495 e. The van der Waals surface area contributed by atoms with Crippen LogP contribution in [0.25, 0.3) is 28.6 Å². The Bertz CT molecular complexity index is 1400. The highest BCUT2D eigenvalue weighted by molar-refractivity contribution is 6.03. The molecule has 0 fully saturated rings. The third-order valence-corrected chi connectivity index (χ3v) is 5.29. The van der Waals surface area contributed by atoms with Gasteiger partial charge in [0.2, 0.25) is 11.8 Å². The lowest BCUT2D eigenvalue weighted by atomic mass is 10.0. The first-order valence-corrected chi connectivity index (χ1v) is 10.7. The van der Waals surface area contributed by atoms with Gasteiger partial charge in [0.05, 0.1) is 17.7 Å². The zero-order valence-electron chi connectivity index (χ0n) is 18.9. The highest BCUT2D eigenvalue weighted by Crippen LogP contribution is 2.32. The number of carbonyl (C=O) groups is 1. The van der Waals surface area contributed by atoms with Gasteiger partial charge in [0, 0.05) is 23.8 Å². The number of amides is 1. The summed E-state index contributed by atoms with van der Waals surface area (Å²) in [5.41, 5.74) is 4.24. The fourth-order valence-electron chi connectivity index (χ4n) is 3.45. The number of carbonyl (C=O) groups excluding carboxylic acids is 1. The van der Waals surface area contributed by atoms with Crippen LogP contribution in [0.15, 0.2) is 71.2 Å². The second-order valence-electron chi connectivity index (χ2n) is 7.99. The van der Waals surface area contributed by atoms with Gasteiger partial charge in [-0.15, -0.1) is 0 Å². The van der Waals surface area contributed by atoms with E-state index >= 15 is 0 Å². The molecule has 0 saturated carbocycles. The van der Waals surface area contributed by atoms with Gasteiger partial charge in [0.25, 0.3) is 5.69 Å². The third-order valence-electron chi connectivity index (χ3n) is 5.29. The second-order valence-corrected chi connectivity index (χ2v) is 7.99. The van der Waals surface area contributed by atoms with Crippen molar-refractivity contribution in [2.45, 2.75) is 19.8 Å². The second kappa shape index (κ2) is 9.58. The van der Waals surface area contributed by atoms with E-state index in [-0.39, 0.29) is 5.69 Å². The quantitative estimate of drug-likeness (QED) is 0.201. The zero-order valence-corrected chi connectivity index (χ0v) is 18.9. The lowest BCUT2D eigenvalue weighted by molar-refractivity contribution is -0.384. The molecule has 0 aliphatic rings. The van der Waals surface area contributed by atoms with Crippen LogP contribution < -0.4 is 10.1 Å². The van der Waals surface area contributed by atoms with Crippen LogP contribution in [0, 0.1) is 10.1 Å². The van der Waals surface area contributed by atoms with E-state index in [1.54, 1.807) is 24.3 Å². The van der Waals surface area contributed by atoms with Crippen molar-refractivity contribution in [2.75, 3.05) is 12.4 Å². The number of hydrogen-bond donors (Lipinski definition) is 1. The highest BCUT2D eigenvalue weighted by Gasteiger charge is 2.14. The molecule has 4 rings (SSSR count). The topological polar surface area (TPSA) is 108 Å². The van der Waals surface area contributed by atoms with Gasteiger partial charge < -0.3 is 14.5 Å². The van der Waals surface area contributed by atoms with E-state index < -0.39 is 10.8 Å². The number of nitrogens with one attached hydrogen (secondary N) is 1. The van der Waals surface area contributed by atoms with E-state index in [0.717, 1.165) is 5.52 Å². The number of benzene rings is 3. The van der Waals surface area contributed by atoms with Crippen molar-refractivity contribution >= 4 is 34.5 Å². The maximum Gasteiger partial charge on any atom is 0.270 e. The number of oxazole rings is 1. The zero-order chi connectivity index (χ0) is 24.2. The fourth-order valence-corrected chi connectivity index (χ4v) is 3.45. The van der Waals surface area contributed by atoms with Gasteiger partial charge in [-0.05, 0) is 53.5 Å². The first-order chi connectivity index (χ1) is 16.3. The molecule has 0 radical (unpaired) electrons. The van der Waals surface area contributed by atoms with Crippen LogP contribution in [0.2, 0.25) is 0 Å². The van der Waals surface area contributed by atoms with Gasteiger partial charge in [0.15, 0.2) is 5.58 Å². The summed E-state index contributed by atoms with van der Waals surface area (Å²) in [6, 6.07) is 17.2. The van der Waals surface area contributed by atoms with E-state index in [4.69, 9.17) is 9.15 Å². The molecule has 0 bridgehead atoms. The molecule has 1 amide bonds. The number of ether oxygens (including phenoxy) is 1. The summed E-state index contributed by atoms with van der Waals surface area (Å²) >= 11 is 0. The number of nitro benzene ring substituents is 1. The summed E-state index contributed by atoms with van der Waals surface area (Å²) in [5.74, 6) is 0.865. The SMILES string of the molecule is COc1ccc(-c2nc3cc(C(C)C)ccc3o2)cc1NC(=O)/C=C/c1cccc([N+](=O)[O-])c1. The number of rotatable bonds is 7. The minimum atomic E-state index is -0.483. The van der Waals surface area contributed by atoms with E-state index in [1.165, 1.54) is 37.0 Å². The number of methoxy groups -OCH3 is 1. The molecule has 0 saturated heterocycles. The molecule has 172 valence electrons. The molecule has 0 atom stereocenters. The average Bonchev–Trinajstić information content (AvgIpc) is 3.26. The molecule has 1 aromatic heterocycles. The van der Waals surface area contributed by atoms with Crippen LogP contribution in [-0.4, -0.2) is 22.9 Å².